The minimum atomic E-state index is -2.26. The molecule has 1 unspecified atom stereocenters. The maximum Gasteiger partial charge on any atom is -1.00 e. The molecule has 1 amide bonds. The molecule has 2 aliphatic carbocycles. The molecular formula is C24H44Cl2HfNOSi. The van der Waals surface area contributed by atoms with Gasteiger partial charge >= 0.3 is 184 Å². The van der Waals surface area contributed by atoms with Gasteiger partial charge in [0.2, 0.25) is 0 Å². The van der Waals surface area contributed by atoms with Gasteiger partial charge in [0, 0.05) is 0 Å². The van der Waals surface area contributed by atoms with Gasteiger partial charge in [-0.1, -0.05) is 0 Å². The van der Waals surface area contributed by atoms with Crippen molar-refractivity contribution in [3.05, 3.63) is 20.0 Å². The zero-order valence-electron chi connectivity index (χ0n) is 20.2. The molecule has 0 heterocycles. The van der Waals surface area contributed by atoms with Crippen LogP contribution in [-0.2, 0) is 25.7 Å². The summed E-state index contributed by atoms with van der Waals surface area (Å²) in [7, 11) is 0. The van der Waals surface area contributed by atoms with Crippen molar-refractivity contribution in [3.63, 3.8) is 0 Å². The van der Waals surface area contributed by atoms with Crippen LogP contribution in [0.3, 0.4) is 0 Å². The van der Waals surface area contributed by atoms with Crippen molar-refractivity contribution >= 4 is 11.9 Å². The molecule has 0 aliphatic heterocycles. The number of allylic oxidation sites excluding steroid dienone is 4. The average molecular weight is 640 g/mol. The predicted molar refractivity (Wildman–Crippen MR) is 122 cm³/mol. The van der Waals surface area contributed by atoms with Crippen LogP contribution in [0.5, 0.6) is 0 Å². The van der Waals surface area contributed by atoms with Gasteiger partial charge in [-0.05, 0) is 0 Å². The SMILES string of the molecule is CC1=C(C)C(C)[C]([Hf+2]([NH]C(=O)C2CCCCCCCCCCC2)[SiH](C)C)=C1C.[Cl-].[Cl-]. The van der Waals surface area contributed by atoms with Gasteiger partial charge in [-0.25, -0.2) is 0 Å². The van der Waals surface area contributed by atoms with Crippen molar-refractivity contribution < 1.29 is 50.5 Å². The molecule has 0 radical (unpaired) electrons. The third kappa shape index (κ3) is 8.52. The fourth-order valence-electron chi connectivity index (χ4n) is 4.98. The van der Waals surface area contributed by atoms with E-state index in [9.17, 15) is 4.79 Å². The van der Waals surface area contributed by atoms with Crippen LogP contribution in [0.2, 0.25) is 13.1 Å². The largest absolute Gasteiger partial charge is 1.00 e. The van der Waals surface area contributed by atoms with Crippen LogP contribution in [0, 0.1) is 11.8 Å². The van der Waals surface area contributed by atoms with Crippen molar-refractivity contribution in [1.29, 1.82) is 0 Å². The Bertz CT molecular complexity index is 594. The molecule has 1 atom stereocenters. The van der Waals surface area contributed by atoms with Gasteiger partial charge in [0.05, 0.1) is 0 Å². The molecule has 1 saturated carbocycles. The maximum absolute atomic E-state index is 13.4. The molecule has 0 aromatic carbocycles. The molecule has 2 aliphatic rings. The normalized spacial score (nSPS) is 22.0. The van der Waals surface area contributed by atoms with E-state index in [0.29, 0.717) is 11.8 Å². The molecule has 0 aromatic heterocycles. The number of rotatable bonds is 4. The average Bonchev–Trinajstić information content (AvgIpc) is 2.83. The third-order valence-electron chi connectivity index (χ3n) is 7.24. The summed E-state index contributed by atoms with van der Waals surface area (Å²) in [4.78, 5) is 13.4. The van der Waals surface area contributed by atoms with E-state index < -0.39 is 26.9 Å². The number of carbonyl (C=O) groups excluding carboxylic acids is 1. The van der Waals surface area contributed by atoms with E-state index in [-0.39, 0.29) is 30.7 Å². The summed E-state index contributed by atoms with van der Waals surface area (Å²) in [6, 6.07) is 0. The molecule has 173 valence electrons. The smallest absolute Gasteiger partial charge is 1.00 e. The summed E-state index contributed by atoms with van der Waals surface area (Å²) in [5, 5.41) is 0. The van der Waals surface area contributed by atoms with Crippen molar-refractivity contribution in [3.8, 4) is 0 Å². The fourth-order valence-corrected chi connectivity index (χ4v) is 27.4. The number of carbonyl (C=O) groups is 1. The second-order valence-electron chi connectivity index (χ2n) is 9.58. The fraction of sp³-hybridized carbons (Fsp3) is 0.792. The van der Waals surface area contributed by atoms with E-state index in [4.69, 9.17) is 0 Å². The van der Waals surface area contributed by atoms with E-state index in [2.05, 4.69) is 44.1 Å². The Hall–Kier alpha value is 0.617. The Morgan fingerprint density at radius 3 is 1.63 bits per heavy atom. The Kier molecular flexibility index (Phi) is 15.8. The number of nitrogens with one attached hydrogen (secondary N) is 1. The molecule has 30 heavy (non-hydrogen) atoms. The summed E-state index contributed by atoms with van der Waals surface area (Å²) in [5.74, 6) is 0.462. The zero-order chi connectivity index (χ0) is 20.7. The second kappa shape index (κ2) is 15.5. The van der Waals surface area contributed by atoms with Crippen LogP contribution >= 0.6 is 0 Å². The first-order valence-electron chi connectivity index (χ1n) is 11.9. The summed E-state index contributed by atoms with van der Waals surface area (Å²) in [6.07, 6.45) is 14.3. The summed E-state index contributed by atoms with van der Waals surface area (Å²) in [5.41, 5.74) is 4.58. The Morgan fingerprint density at radius 1 is 0.833 bits per heavy atom. The Labute approximate surface area is 207 Å². The van der Waals surface area contributed by atoms with Gasteiger partial charge in [-0.3, -0.25) is 0 Å². The Balaban J connectivity index is 0.00000420. The Morgan fingerprint density at radius 2 is 1.27 bits per heavy atom. The van der Waals surface area contributed by atoms with Gasteiger partial charge in [-0.2, -0.15) is 0 Å². The number of halogens is 2. The zero-order valence-corrected chi connectivity index (χ0v) is 26.4. The van der Waals surface area contributed by atoms with Gasteiger partial charge in [-0.15, -0.1) is 0 Å². The number of hydrogen-bond acceptors (Lipinski definition) is 1. The summed E-state index contributed by atoms with van der Waals surface area (Å²) in [6.45, 7) is 14.3. The van der Waals surface area contributed by atoms with Gasteiger partial charge in [0.25, 0.3) is 0 Å². The number of amides is 1. The van der Waals surface area contributed by atoms with Crippen molar-refractivity contribution in [2.45, 2.75) is 111 Å². The van der Waals surface area contributed by atoms with Crippen LogP contribution in [0.25, 0.3) is 0 Å². The molecule has 0 saturated heterocycles. The minimum absolute atomic E-state index is 0. The molecular weight excluding hydrogens is 596 g/mol. The van der Waals surface area contributed by atoms with Crippen molar-refractivity contribution in [1.82, 2.24) is 3.30 Å². The summed E-state index contributed by atoms with van der Waals surface area (Å²) < 4.78 is 5.52. The topological polar surface area (TPSA) is 29.1 Å². The maximum atomic E-state index is 13.4. The van der Waals surface area contributed by atoms with E-state index in [1.807, 2.05) is 0 Å². The minimum Gasteiger partial charge on any atom is -1.00 e. The van der Waals surface area contributed by atoms with E-state index in [0.717, 1.165) is 12.8 Å². The van der Waals surface area contributed by atoms with Crippen LogP contribution in [-0.4, -0.2) is 11.9 Å². The monoisotopic (exact) mass is 640 g/mol. The molecule has 0 aromatic rings. The third-order valence-corrected chi connectivity index (χ3v) is 31.4. The van der Waals surface area contributed by atoms with E-state index >= 15 is 0 Å². The molecule has 2 nitrogen and oxygen atoms in total. The molecule has 0 bridgehead atoms. The standard InChI is InChI=1S/C13H25NO.C9H13.C2H7Si.2ClH.Hf/c14-13(15)12-10-8-6-4-2-1-3-5-7-9-11-12;1-6-5-7(2)9(4)8(6)3;1-3-2;;;/h12H,1-11H2,(H2,14,15);6H,1-4H3;3H,1-2H3;2*1H;/q;;;;;+3/p-3. The van der Waals surface area contributed by atoms with Crippen molar-refractivity contribution in [2.75, 3.05) is 0 Å². The van der Waals surface area contributed by atoms with Crippen molar-refractivity contribution in [2.24, 2.45) is 11.8 Å². The number of hydrogen-bond donors (Lipinski definition) is 1. The van der Waals surface area contributed by atoms with Crippen LogP contribution in [0.15, 0.2) is 20.0 Å². The van der Waals surface area contributed by atoms with Crippen LogP contribution in [0.4, 0.5) is 0 Å². The molecule has 2 rings (SSSR count). The predicted octanol–water partition coefficient (Wildman–Crippen LogP) is 0.808. The molecule has 6 heteroatoms. The van der Waals surface area contributed by atoms with Gasteiger partial charge in [0.1, 0.15) is 0 Å². The quantitative estimate of drug-likeness (QED) is 0.454. The van der Waals surface area contributed by atoms with E-state index in [1.165, 1.54) is 68.9 Å². The van der Waals surface area contributed by atoms with Crippen LogP contribution in [0.1, 0.15) is 98.3 Å². The first-order valence-corrected chi connectivity index (χ1v) is 24.6. The van der Waals surface area contributed by atoms with Gasteiger partial charge in [0.15, 0.2) is 0 Å². The van der Waals surface area contributed by atoms with Gasteiger partial charge < -0.3 is 24.8 Å². The van der Waals surface area contributed by atoms with E-state index in [1.54, 1.807) is 8.90 Å². The molecule has 1 fully saturated rings. The first-order chi connectivity index (χ1) is 13.3. The molecule has 0 spiro atoms. The van der Waals surface area contributed by atoms with Crippen LogP contribution < -0.4 is 28.1 Å². The summed E-state index contributed by atoms with van der Waals surface area (Å²) >= 11 is -2.26. The first kappa shape index (κ1) is 30.6. The molecule has 1 N–H and O–H groups in total. The second-order valence-corrected chi connectivity index (χ2v) is 34.9.